The maximum Gasteiger partial charge on any atom is 0.205 e. The van der Waals surface area contributed by atoms with Gasteiger partial charge in [0, 0.05) is 18.5 Å². The number of anilines is 1. The van der Waals surface area contributed by atoms with Gasteiger partial charge in [-0.25, -0.2) is 4.98 Å². The van der Waals surface area contributed by atoms with Crippen molar-refractivity contribution in [1.29, 1.82) is 0 Å². The first-order chi connectivity index (χ1) is 7.84. The van der Waals surface area contributed by atoms with Crippen LogP contribution in [0, 0.1) is 4.64 Å². The van der Waals surface area contributed by atoms with Crippen LogP contribution in [-0.2, 0) is 4.74 Å². The number of H-pyrrole nitrogens is 1. The third-order valence-corrected chi connectivity index (χ3v) is 3.76. The van der Waals surface area contributed by atoms with Crippen molar-refractivity contribution in [3.8, 4) is 0 Å². The highest BCUT2D eigenvalue weighted by atomic mass is 32.1. The van der Waals surface area contributed by atoms with Crippen LogP contribution in [0.2, 0.25) is 0 Å². The molecule has 16 heavy (non-hydrogen) atoms. The standard InChI is InChI=1S/C10H11N3OS2/c15-8-7-1-6-16-9(7)12-10(11-8)13-2-4-14-5-3-13/h1,6H,2-5H2,(H,11,12,15). The van der Waals surface area contributed by atoms with Crippen LogP contribution in [0.1, 0.15) is 0 Å². The van der Waals surface area contributed by atoms with Gasteiger partial charge in [0.1, 0.15) is 9.47 Å². The maximum atomic E-state index is 5.32. The van der Waals surface area contributed by atoms with E-state index in [2.05, 4.69) is 14.9 Å². The summed E-state index contributed by atoms with van der Waals surface area (Å²) in [5.41, 5.74) is 0. The van der Waals surface area contributed by atoms with E-state index in [1.165, 1.54) is 0 Å². The second-order valence-electron chi connectivity index (χ2n) is 3.63. The quantitative estimate of drug-likeness (QED) is 0.791. The first-order valence-corrected chi connectivity index (χ1v) is 6.43. The van der Waals surface area contributed by atoms with Gasteiger partial charge in [-0.05, 0) is 11.4 Å². The highest BCUT2D eigenvalue weighted by Crippen LogP contribution is 2.22. The van der Waals surface area contributed by atoms with Gasteiger partial charge < -0.3 is 14.6 Å². The minimum Gasteiger partial charge on any atom is -0.378 e. The van der Waals surface area contributed by atoms with Gasteiger partial charge in [0.05, 0.1) is 13.2 Å². The van der Waals surface area contributed by atoms with Gasteiger partial charge in [0.2, 0.25) is 5.95 Å². The van der Waals surface area contributed by atoms with Crippen LogP contribution in [0.25, 0.3) is 10.2 Å². The summed E-state index contributed by atoms with van der Waals surface area (Å²) in [5, 5.41) is 3.06. The van der Waals surface area contributed by atoms with Crippen molar-refractivity contribution < 1.29 is 4.74 Å². The molecule has 84 valence electrons. The number of hydrogen-bond acceptors (Lipinski definition) is 5. The molecule has 3 rings (SSSR count). The lowest BCUT2D eigenvalue weighted by Gasteiger charge is -2.27. The summed E-state index contributed by atoms with van der Waals surface area (Å²) < 4.78 is 6.09. The minimum atomic E-state index is 0.755. The second-order valence-corrected chi connectivity index (χ2v) is 4.93. The van der Waals surface area contributed by atoms with Gasteiger partial charge in [0.15, 0.2) is 0 Å². The fourth-order valence-electron chi connectivity index (χ4n) is 1.78. The monoisotopic (exact) mass is 253 g/mol. The Morgan fingerprint density at radius 1 is 1.44 bits per heavy atom. The van der Waals surface area contributed by atoms with Gasteiger partial charge >= 0.3 is 0 Å². The highest BCUT2D eigenvalue weighted by Gasteiger charge is 2.14. The lowest BCUT2D eigenvalue weighted by atomic mass is 10.4. The number of thiophene rings is 1. The zero-order chi connectivity index (χ0) is 11.0. The van der Waals surface area contributed by atoms with Crippen molar-refractivity contribution in [3.05, 3.63) is 16.1 Å². The number of fused-ring (bicyclic) bond motifs is 1. The van der Waals surface area contributed by atoms with Crippen molar-refractivity contribution in [2.75, 3.05) is 31.2 Å². The molecule has 0 aliphatic carbocycles. The van der Waals surface area contributed by atoms with Crippen LogP contribution in [0.5, 0.6) is 0 Å². The molecule has 0 bridgehead atoms. The molecule has 0 unspecified atom stereocenters. The Kier molecular flexibility index (Phi) is 2.62. The molecule has 6 heteroatoms. The van der Waals surface area contributed by atoms with E-state index in [0.29, 0.717) is 0 Å². The van der Waals surface area contributed by atoms with E-state index >= 15 is 0 Å². The Hall–Kier alpha value is -0.980. The van der Waals surface area contributed by atoms with Crippen LogP contribution in [0.15, 0.2) is 11.4 Å². The van der Waals surface area contributed by atoms with E-state index in [-0.39, 0.29) is 0 Å². The fraction of sp³-hybridized carbons (Fsp3) is 0.400. The summed E-state index contributed by atoms with van der Waals surface area (Å²) in [7, 11) is 0. The van der Waals surface area contributed by atoms with Crippen molar-refractivity contribution in [1.82, 2.24) is 9.97 Å². The van der Waals surface area contributed by atoms with E-state index in [0.717, 1.165) is 47.1 Å². The molecule has 1 aliphatic rings. The molecule has 2 aromatic heterocycles. The Morgan fingerprint density at radius 2 is 2.25 bits per heavy atom. The lowest BCUT2D eigenvalue weighted by molar-refractivity contribution is 0.122. The molecule has 0 atom stereocenters. The van der Waals surface area contributed by atoms with Gasteiger partial charge in [-0.1, -0.05) is 12.2 Å². The van der Waals surface area contributed by atoms with Crippen LogP contribution >= 0.6 is 23.6 Å². The first-order valence-electron chi connectivity index (χ1n) is 5.15. The molecular weight excluding hydrogens is 242 g/mol. The molecule has 1 saturated heterocycles. The molecule has 3 heterocycles. The number of rotatable bonds is 1. The topological polar surface area (TPSA) is 41.2 Å². The van der Waals surface area contributed by atoms with Crippen LogP contribution in [-0.4, -0.2) is 36.3 Å². The average molecular weight is 253 g/mol. The summed E-state index contributed by atoms with van der Waals surface area (Å²) in [4.78, 5) is 11.0. The Balaban J connectivity index is 2.06. The number of morpholine rings is 1. The average Bonchev–Trinajstić information content (AvgIpc) is 2.79. The van der Waals surface area contributed by atoms with E-state index in [4.69, 9.17) is 17.0 Å². The number of ether oxygens (including phenoxy) is 1. The van der Waals surface area contributed by atoms with Gasteiger partial charge in [-0.15, -0.1) is 11.3 Å². The third kappa shape index (κ3) is 1.73. The van der Waals surface area contributed by atoms with Crippen molar-refractivity contribution in [3.63, 3.8) is 0 Å². The Morgan fingerprint density at radius 3 is 3.06 bits per heavy atom. The molecule has 1 N–H and O–H groups in total. The maximum absolute atomic E-state index is 5.32. The minimum absolute atomic E-state index is 0.755. The van der Waals surface area contributed by atoms with Crippen LogP contribution in [0.3, 0.4) is 0 Å². The normalized spacial score (nSPS) is 16.9. The summed E-state index contributed by atoms with van der Waals surface area (Å²) in [6.45, 7) is 3.25. The molecule has 2 aromatic rings. The fourth-order valence-corrected chi connectivity index (χ4v) is 2.87. The lowest BCUT2D eigenvalue weighted by Crippen LogP contribution is -2.37. The molecule has 1 aliphatic heterocycles. The number of nitrogens with one attached hydrogen (secondary N) is 1. The van der Waals surface area contributed by atoms with Crippen molar-refractivity contribution in [2.24, 2.45) is 0 Å². The number of aromatic nitrogens is 2. The number of aromatic amines is 1. The summed E-state index contributed by atoms with van der Waals surface area (Å²) >= 11 is 6.94. The van der Waals surface area contributed by atoms with E-state index < -0.39 is 0 Å². The molecule has 0 spiro atoms. The van der Waals surface area contributed by atoms with Crippen molar-refractivity contribution in [2.45, 2.75) is 0 Å². The summed E-state index contributed by atoms with van der Waals surface area (Å²) in [6, 6.07) is 2.01. The Bertz CT molecular complexity index is 556. The molecule has 0 amide bonds. The first kappa shape index (κ1) is 10.2. The van der Waals surface area contributed by atoms with Gasteiger partial charge in [-0.3, -0.25) is 0 Å². The smallest absolute Gasteiger partial charge is 0.205 e. The predicted octanol–water partition coefficient (Wildman–Crippen LogP) is 2.19. The SMILES string of the molecule is S=c1[nH]c(N2CCOCC2)nc2sccc12. The summed E-state index contributed by atoms with van der Waals surface area (Å²) in [6.07, 6.45) is 0. The van der Waals surface area contributed by atoms with E-state index in [1.54, 1.807) is 11.3 Å². The zero-order valence-corrected chi connectivity index (χ0v) is 10.2. The molecule has 4 nitrogen and oxygen atoms in total. The van der Waals surface area contributed by atoms with Gasteiger partial charge in [0.25, 0.3) is 0 Å². The van der Waals surface area contributed by atoms with E-state index in [1.807, 2.05) is 11.4 Å². The van der Waals surface area contributed by atoms with Crippen molar-refractivity contribution >= 4 is 39.7 Å². The zero-order valence-electron chi connectivity index (χ0n) is 8.60. The highest BCUT2D eigenvalue weighted by molar-refractivity contribution is 7.71. The Labute approximate surface area is 102 Å². The molecule has 0 aromatic carbocycles. The van der Waals surface area contributed by atoms with E-state index in [9.17, 15) is 0 Å². The molecule has 1 fully saturated rings. The second kappa shape index (κ2) is 4.12. The van der Waals surface area contributed by atoms with Crippen LogP contribution < -0.4 is 4.90 Å². The summed E-state index contributed by atoms with van der Waals surface area (Å²) in [5.74, 6) is 0.864. The molecular formula is C10H11N3OS2. The number of nitrogens with zero attached hydrogens (tertiary/aromatic N) is 2. The molecule has 0 radical (unpaired) electrons. The molecule has 0 saturated carbocycles. The largest absolute Gasteiger partial charge is 0.378 e. The van der Waals surface area contributed by atoms with Gasteiger partial charge in [-0.2, -0.15) is 0 Å². The third-order valence-electron chi connectivity index (χ3n) is 2.63. The predicted molar refractivity (Wildman–Crippen MR) is 67.8 cm³/mol. The van der Waals surface area contributed by atoms with Crippen LogP contribution in [0.4, 0.5) is 5.95 Å². The number of hydrogen-bond donors (Lipinski definition) is 1.